The van der Waals surface area contributed by atoms with E-state index in [4.69, 9.17) is 12.2 Å². The normalized spacial score (nSPS) is 16.7. The molecule has 2 aliphatic heterocycles. The lowest BCUT2D eigenvalue weighted by atomic mass is 10.0. The van der Waals surface area contributed by atoms with Crippen LogP contribution < -0.4 is 15.4 Å². The highest BCUT2D eigenvalue weighted by Crippen LogP contribution is 2.36. The van der Waals surface area contributed by atoms with Gasteiger partial charge < -0.3 is 9.80 Å². The van der Waals surface area contributed by atoms with Crippen molar-refractivity contribution in [3.05, 3.63) is 98.2 Å². The molecule has 1 aromatic heterocycles. The quantitative estimate of drug-likeness (QED) is 0.331. The second-order valence-corrected chi connectivity index (χ2v) is 11.3. The van der Waals surface area contributed by atoms with Gasteiger partial charge >= 0.3 is 0 Å². The van der Waals surface area contributed by atoms with Gasteiger partial charge in [-0.05, 0) is 42.7 Å². The van der Waals surface area contributed by atoms with Crippen molar-refractivity contribution in [3.63, 3.8) is 0 Å². The number of nitrogens with zero attached hydrogens (tertiary/aromatic N) is 5. The molecule has 5 rings (SSSR count). The van der Waals surface area contributed by atoms with Crippen LogP contribution in [0, 0.1) is 18.3 Å². The van der Waals surface area contributed by atoms with Crippen molar-refractivity contribution >= 4 is 51.8 Å². The van der Waals surface area contributed by atoms with Gasteiger partial charge in [0.15, 0.2) is 0 Å². The standard InChI is InChI=1S/C30H29N5O2S2/c1-21-24(19-26-29(37)35(30(38)39-26)14-13-22-9-5-3-6-10-22)27(32(2)28(36)25(21)20-31)34-17-15-33(16-18-34)23-11-7-4-8-12-23/h3-12,19H,13-18H2,1-2H3. The van der Waals surface area contributed by atoms with E-state index >= 15 is 0 Å². The molecule has 3 heterocycles. The highest BCUT2D eigenvalue weighted by molar-refractivity contribution is 8.26. The fourth-order valence-electron chi connectivity index (χ4n) is 5.12. The molecule has 0 aliphatic carbocycles. The van der Waals surface area contributed by atoms with E-state index in [2.05, 4.69) is 28.0 Å². The molecule has 0 saturated carbocycles. The number of para-hydroxylation sites is 1. The monoisotopic (exact) mass is 555 g/mol. The molecule has 0 atom stereocenters. The molecule has 2 fully saturated rings. The minimum Gasteiger partial charge on any atom is -0.368 e. The number of nitriles is 1. The molecule has 39 heavy (non-hydrogen) atoms. The Kier molecular flexibility index (Phi) is 7.87. The number of thioether (sulfide) groups is 1. The number of hydrogen-bond donors (Lipinski definition) is 0. The van der Waals surface area contributed by atoms with Crippen molar-refractivity contribution in [2.75, 3.05) is 42.5 Å². The number of amides is 1. The number of rotatable bonds is 6. The molecule has 0 bridgehead atoms. The Morgan fingerprint density at radius 3 is 2.23 bits per heavy atom. The van der Waals surface area contributed by atoms with E-state index in [0.717, 1.165) is 24.5 Å². The average molecular weight is 556 g/mol. The molecule has 3 aromatic rings. The zero-order valence-corrected chi connectivity index (χ0v) is 23.6. The van der Waals surface area contributed by atoms with Gasteiger partial charge in [0.25, 0.3) is 11.5 Å². The van der Waals surface area contributed by atoms with Crippen molar-refractivity contribution in [3.8, 4) is 6.07 Å². The van der Waals surface area contributed by atoms with Gasteiger partial charge in [0.05, 0.1) is 4.91 Å². The Morgan fingerprint density at radius 2 is 1.59 bits per heavy atom. The number of carbonyl (C=O) groups excluding carboxylic acids is 1. The van der Waals surface area contributed by atoms with Gasteiger partial charge in [-0.3, -0.25) is 19.1 Å². The van der Waals surface area contributed by atoms with E-state index in [9.17, 15) is 14.9 Å². The number of hydrogen-bond acceptors (Lipinski definition) is 7. The largest absolute Gasteiger partial charge is 0.368 e. The van der Waals surface area contributed by atoms with Gasteiger partial charge in [-0.25, -0.2) is 0 Å². The van der Waals surface area contributed by atoms with Crippen LogP contribution in [0.3, 0.4) is 0 Å². The fraction of sp³-hybridized carbons (Fsp3) is 0.267. The highest BCUT2D eigenvalue weighted by Gasteiger charge is 2.33. The van der Waals surface area contributed by atoms with Gasteiger partial charge in [-0.2, -0.15) is 5.26 Å². The van der Waals surface area contributed by atoms with Crippen LogP contribution in [0.25, 0.3) is 6.08 Å². The van der Waals surface area contributed by atoms with E-state index in [1.54, 1.807) is 23.4 Å². The lowest BCUT2D eigenvalue weighted by molar-refractivity contribution is -0.122. The maximum absolute atomic E-state index is 13.4. The number of thiocarbonyl (C=S) groups is 1. The summed E-state index contributed by atoms with van der Waals surface area (Å²) in [6, 6.07) is 22.4. The van der Waals surface area contributed by atoms with Gasteiger partial charge in [0.2, 0.25) is 0 Å². The lowest BCUT2D eigenvalue weighted by Crippen LogP contribution is -2.48. The fourth-order valence-corrected chi connectivity index (χ4v) is 6.41. The Bertz CT molecular complexity index is 1540. The topological polar surface area (TPSA) is 72.6 Å². The van der Waals surface area contributed by atoms with Crippen molar-refractivity contribution in [1.82, 2.24) is 9.47 Å². The van der Waals surface area contributed by atoms with Crippen LogP contribution in [0.15, 0.2) is 70.4 Å². The molecule has 7 nitrogen and oxygen atoms in total. The number of piperazine rings is 1. The molecule has 0 spiro atoms. The van der Waals surface area contributed by atoms with Crippen LogP contribution in [-0.2, 0) is 18.3 Å². The number of pyridine rings is 1. The molecule has 198 valence electrons. The molecule has 0 radical (unpaired) electrons. The van der Waals surface area contributed by atoms with Crippen molar-refractivity contribution in [2.45, 2.75) is 13.3 Å². The van der Waals surface area contributed by atoms with Crippen LogP contribution in [0.4, 0.5) is 11.5 Å². The third-order valence-electron chi connectivity index (χ3n) is 7.28. The summed E-state index contributed by atoms with van der Waals surface area (Å²) >= 11 is 6.84. The lowest BCUT2D eigenvalue weighted by Gasteiger charge is -2.38. The van der Waals surface area contributed by atoms with E-state index in [-0.39, 0.29) is 17.0 Å². The molecule has 2 aromatic carbocycles. The predicted octanol–water partition coefficient (Wildman–Crippen LogP) is 4.34. The third kappa shape index (κ3) is 5.35. The van der Waals surface area contributed by atoms with Crippen LogP contribution in [0.2, 0.25) is 0 Å². The van der Waals surface area contributed by atoms with E-state index in [1.807, 2.05) is 54.6 Å². The number of carbonyl (C=O) groups is 1. The second kappa shape index (κ2) is 11.5. The Morgan fingerprint density at radius 1 is 0.974 bits per heavy atom. The maximum Gasteiger partial charge on any atom is 0.270 e. The SMILES string of the molecule is Cc1c(C=C2SC(=S)N(CCc3ccccc3)C2=O)c(N2CCN(c3ccccc3)CC2)n(C)c(=O)c1C#N. The van der Waals surface area contributed by atoms with Gasteiger partial charge in [0.1, 0.15) is 21.8 Å². The van der Waals surface area contributed by atoms with Gasteiger partial charge in [-0.15, -0.1) is 0 Å². The molecule has 2 aliphatic rings. The van der Waals surface area contributed by atoms with E-state index < -0.39 is 0 Å². The maximum atomic E-state index is 13.4. The first-order valence-electron chi connectivity index (χ1n) is 12.9. The Hall–Kier alpha value is -3.87. The molecular formula is C30H29N5O2S2. The number of anilines is 2. The number of benzene rings is 2. The van der Waals surface area contributed by atoms with Gasteiger partial charge in [0, 0.05) is 51.0 Å². The van der Waals surface area contributed by atoms with Crippen LogP contribution in [0.5, 0.6) is 0 Å². The Balaban J connectivity index is 1.46. The summed E-state index contributed by atoms with van der Waals surface area (Å²) in [5.74, 6) is 0.575. The second-order valence-electron chi connectivity index (χ2n) is 9.59. The zero-order chi connectivity index (χ0) is 27.5. The number of aromatic nitrogens is 1. The van der Waals surface area contributed by atoms with Crippen molar-refractivity contribution in [2.24, 2.45) is 7.05 Å². The first kappa shape index (κ1) is 26.7. The summed E-state index contributed by atoms with van der Waals surface area (Å²) < 4.78 is 2.06. The summed E-state index contributed by atoms with van der Waals surface area (Å²) in [4.78, 5) is 33.2. The minimum absolute atomic E-state index is 0.0926. The summed E-state index contributed by atoms with van der Waals surface area (Å²) in [5.41, 5.74) is 3.36. The summed E-state index contributed by atoms with van der Waals surface area (Å²) in [6.07, 6.45) is 2.52. The zero-order valence-electron chi connectivity index (χ0n) is 22.0. The molecule has 0 N–H and O–H groups in total. The van der Waals surface area contributed by atoms with Crippen LogP contribution in [-0.4, -0.2) is 52.4 Å². The highest BCUT2D eigenvalue weighted by atomic mass is 32.2. The molecular weight excluding hydrogens is 526 g/mol. The first-order valence-corrected chi connectivity index (χ1v) is 14.1. The van der Waals surface area contributed by atoms with Gasteiger partial charge in [-0.1, -0.05) is 72.5 Å². The summed E-state index contributed by atoms with van der Waals surface area (Å²) in [7, 11) is 1.70. The molecule has 1 amide bonds. The Labute approximate surface area is 237 Å². The van der Waals surface area contributed by atoms with Crippen molar-refractivity contribution < 1.29 is 4.79 Å². The minimum atomic E-state index is -0.331. The van der Waals surface area contributed by atoms with E-state index in [0.29, 0.717) is 46.4 Å². The van der Waals surface area contributed by atoms with Crippen molar-refractivity contribution in [1.29, 1.82) is 5.26 Å². The molecule has 9 heteroatoms. The first-order chi connectivity index (χ1) is 18.9. The average Bonchev–Trinajstić information content (AvgIpc) is 3.23. The molecule has 0 unspecified atom stereocenters. The smallest absolute Gasteiger partial charge is 0.270 e. The third-order valence-corrected chi connectivity index (χ3v) is 8.66. The summed E-state index contributed by atoms with van der Waals surface area (Å²) in [5, 5.41) is 9.78. The van der Waals surface area contributed by atoms with Crippen LogP contribution >= 0.6 is 24.0 Å². The summed E-state index contributed by atoms with van der Waals surface area (Å²) in [6.45, 7) is 5.26. The molecule has 2 saturated heterocycles. The van der Waals surface area contributed by atoms with E-state index in [1.165, 1.54) is 17.4 Å². The predicted molar refractivity (Wildman–Crippen MR) is 162 cm³/mol. The van der Waals surface area contributed by atoms with Crippen LogP contribution in [0.1, 0.15) is 22.3 Å².